The summed E-state index contributed by atoms with van der Waals surface area (Å²) in [5.41, 5.74) is 0.464. The maximum absolute atomic E-state index is 6.46. The van der Waals surface area contributed by atoms with E-state index in [2.05, 4.69) is 46.9 Å². The Morgan fingerprint density at radius 2 is 1.81 bits per heavy atom. The van der Waals surface area contributed by atoms with Gasteiger partial charge in [0.25, 0.3) is 0 Å². The van der Waals surface area contributed by atoms with Crippen molar-refractivity contribution >= 4 is 0 Å². The van der Waals surface area contributed by atoms with Crippen LogP contribution >= 0.6 is 0 Å². The summed E-state index contributed by atoms with van der Waals surface area (Å²) in [6.45, 7) is 15.6. The van der Waals surface area contributed by atoms with Gasteiger partial charge in [0.2, 0.25) is 0 Å². The first-order valence-electron chi connectivity index (χ1n) is 9.14. The monoisotopic (exact) mass is 297 g/mol. The van der Waals surface area contributed by atoms with Crippen LogP contribution in [-0.2, 0) is 4.74 Å². The van der Waals surface area contributed by atoms with Gasteiger partial charge in [-0.2, -0.15) is 0 Å². The van der Waals surface area contributed by atoms with Crippen LogP contribution in [0.3, 0.4) is 0 Å². The maximum Gasteiger partial charge on any atom is 0.0806 e. The number of hydrogen-bond acceptors (Lipinski definition) is 2. The Balaban J connectivity index is 2.51. The summed E-state index contributed by atoms with van der Waals surface area (Å²) in [5, 5.41) is 3.63. The molecule has 1 N–H and O–H groups in total. The predicted octanol–water partition coefficient (Wildman–Crippen LogP) is 5.17. The SMILES string of the molecule is CCCC1CCC(CNC(C)C)(OCCC(C)(C)C)CC1. The van der Waals surface area contributed by atoms with E-state index in [9.17, 15) is 0 Å². The lowest BCUT2D eigenvalue weighted by Crippen LogP contribution is -2.48. The molecule has 0 unspecified atom stereocenters. The van der Waals surface area contributed by atoms with Gasteiger partial charge in [0, 0.05) is 19.2 Å². The Bertz CT molecular complexity index is 272. The zero-order valence-electron chi connectivity index (χ0n) is 15.4. The lowest BCUT2D eigenvalue weighted by Gasteiger charge is -2.41. The third-order valence-electron chi connectivity index (χ3n) is 4.81. The van der Waals surface area contributed by atoms with Crippen molar-refractivity contribution in [1.82, 2.24) is 5.32 Å². The molecule has 0 saturated heterocycles. The predicted molar refractivity (Wildman–Crippen MR) is 92.8 cm³/mol. The van der Waals surface area contributed by atoms with E-state index >= 15 is 0 Å². The molecule has 0 bridgehead atoms. The zero-order chi connectivity index (χ0) is 15.9. The van der Waals surface area contributed by atoms with Gasteiger partial charge in [0.05, 0.1) is 5.60 Å². The standard InChI is InChI=1S/C19H39NO/c1-7-8-17-9-11-19(12-10-17,15-20-16(2)3)21-14-13-18(4,5)6/h16-17,20H,7-15H2,1-6H3. The molecule has 1 rings (SSSR count). The molecule has 0 heterocycles. The van der Waals surface area contributed by atoms with Crippen molar-refractivity contribution in [3.05, 3.63) is 0 Å². The third kappa shape index (κ3) is 7.65. The van der Waals surface area contributed by atoms with Crippen LogP contribution < -0.4 is 5.32 Å². The molecular formula is C19H39NO. The van der Waals surface area contributed by atoms with Crippen molar-refractivity contribution < 1.29 is 4.74 Å². The molecule has 0 aromatic heterocycles. The molecular weight excluding hydrogens is 258 g/mol. The number of ether oxygens (including phenoxy) is 1. The summed E-state index contributed by atoms with van der Waals surface area (Å²) in [6.07, 6.45) is 9.05. The molecule has 0 radical (unpaired) electrons. The molecule has 0 aliphatic heterocycles. The first-order chi connectivity index (χ1) is 9.76. The summed E-state index contributed by atoms with van der Waals surface area (Å²) in [6, 6.07) is 0.543. The summed E-state index contributed by atoms with van der Waals surface area (Å²) in [5.74, 6) is 0.938. The molecule has 0 atom stereocenters. The van der Waals surface area contributed by atoms with Crippen LogP contribution in [0.1, 0.15) is 86.5 Å². The zero-order valence-corrected chi connectivity index (χ0v) is 15.4. The lowest BCUT2D eigenvalue weighted by atomic mass is 9.77. The highest BCUT2D eigenvalue weighted by Gasteiger charge is 2.36. The molecule has 1 fully saturated rings. The minimum atomic E-state index is 0.0970. The van der Waals surface area contributed by atoms with Gasteiger partial charge in [-0.05, 0) is 43.4 Å². The summed E-state index contributed by atoms with van der Waals surface area (Å²) >= 11 is 0. The van der Waals surface area contributed by atoms with Crippen molar-refractivity contribution in [2.75, 3.05) is 13.2 Å². The molecule has 2 heteroatoms. The Hall–Kier alpha value is -0.0800. The first-order valence-corrected chi connectivity index (χ1v) is 9.14. The fourth-order valence-corrected chi connectivity index (χ4v) is 3.24. The summed E-state index contributed by atoms with van der Waals surface area (Å²) in [7, 11) is 0. The van der Waals surface area contributed by atoms with Gasteiger partial charge in [0.15, 0.2) is 0 Å². The highest BCUT2D eigenvalue weighted by atomic mass is 16.5. The van der Waals surface area contributed by atoms with E-state index in [0.717, 1.165) is 25.5 Å². The third-order valence-corrected chi connectivity index (χ3v) is 4.81. The second kappa shape index (κ2) is 8.53. The van der Waals surface area contributed by atoms with Gasteiger partial charge >= 0.3 is 0 Å². The Morgan fingerprint density at radius 1 is 1.19 bits per heavy atom. The highest BCUT2D eigenvalue weighted by molar-refractivity contribution is 4.90. The average Bonchev–Trinajstić information content (AvgIpc) is 2.38. The molecule has 21 heavy (non-hydrogen) atoms. The van der Waals surface area contributed by atoms with Crippen LogP contribution in [0.15, 0.2) is 0 Å². The number of nitrogens with one attached hydrogen (secondary N) is 1. The molecule has 1 aliphatic carbocycles. The minimum absolute atomic E-state index is 0.0970. The maximum atomic E-state index is 6.46. The Morgan fingerprint density at radius 3 is 2.29 bits per heavy atom. The van der Waals surface area contributed by atoms with Gasteiger partial charge in [-0.3, -0.25) is 0 Å². The highest BCUT2D eigenvalue weighted by Crippen LogP contribution is 2.37. The number of rotatable bonds is 8. The van der Waals surface area contributed by atoms with E-state index in [1.54, 1.807) is 0 Å². The normalized spacial score (nSPS) is 27.3. The van der Waals surface area contributed by atoms with Crippen molar-refractivity contribution in [3.63, 3.8) is 0 Å². The minimum Gasteiger partial charge on any atom is -0.374 e. The van der Waals surface area contributed by atoms with E-state index < -0.39 is 0 Å². The van der Waals surface area contributed by atoms with Crippen molar-refractivity contribution in [1.29, 1.82) is 0 Å². The molecule has 1 aliphatic rings. The van der Waals surface area contributed by atoms with Crippen molar-refractivity contribution in [3.8, 4) is 0 Å². The van der Waals surface area contributed by atoms with Gasteiger partial charge < -0.3 is 10.1 Å². The Kier molecular flexibility index (Phi) is 7.70. The van der Waals surface area contributed by atoms with E-state index in [4.69, 9.17) is 4.74 Å². The van der Waals surface area contributed by atoms with E-state index in [1.165, 1.54) is 38.5 Å². The second-order valence-corrected chi connectivity index (χ2v) is 8.61. The lowest BCUT2D eigenvalue weighted by molar-refractivity contribution is -0.0840. The van der Waals surface area contributed by atoms with Gasteiger partial charge in [-0.15, -0.1) is 0 Å². The van der Waals surface area contributed by atoms with E-state index in [0.29, 0.717) is 11.5 Å². The molecule has 1 saturated carbocycles. The fourth-order valence-electron chi connectivity index (χ4n) is 3.24. The largest absolute Gasteiger partial charge is 0.374 e. The Labute approximate surface area is 133 Å². The van der Waals surface area contributed by atoms with Crippen LogP contribution in [0, 0.1) is 11.3 Å². The summed E-state index contributed by atoms with van der Waals surface area (Å²) < 4.78 is 6.46. The average molecular weight is 298 g/mol. The van der Waals surface area contributed by atoms with Crippen LogP contribution in [-0.4, -0.2) is 24.8 Å². The fraction of sp³-hybridized carbons (Fsp3) is 1.00. The van der Waals surface area contributed by atoms with Crippen LogP contribution in [0.2, 0.25) is 0 Å². The van der Waals surface area contributed by atoms with Gasteiger partial charge in [0.1, 0.15) is 0 Å². The van der Waals surface area contributed by atoms with Gasteiger partial charge in [-0.1, -0.05) is 54.4 Å². The summed E-state index contributed by atoms with van der Waals surface area (Å²) in [4.78, 5) is 0. The molecule has 0 aromatic carbocycles. The molecule has 126 valence electrons. The molecule has 0 amide bonds. The second-order valence-electron chi connectivity index (χ2n) is 8.61. The molecule has 0 spiro atoms. The molecule has 2 nitrogen and oxygen atoms in total. The first kappa shape index (κ1) is 19.0. The smallest absolute Gasteiger partial charge is 0.0806 e. The van der Waals surface area contributed by atoms with Crippen LogP contribution in [0.4, 0.5) is 0 Å². The topological polar surface area (TPSA) is 21.3 Å². The quantitative estimate of drug-likeness (QED) is 0.667. The van der Waals surface area contributed by atoms with Crippen molar-refractivity contribution in [2.45, 2.75) is 98.1 Å². The van der Waals surface area contributed by atoms with Gasteiger partial charge in [-0.25, -0.2) is 0 Å². The van der Waals surface area contributed by atoms with Crippen molar-refractivity contribution in [2.24, 2.45) is 11.3 Å². The van der Waals surface area contributed by atoms with E-state index in [1.807, 2.05) is 0 Å². The van der Waals surface area contributed by atoms with Crippen LogP contribution in [0.5, 0.6) is 0 Å². The van der Waals surface area contributed by atoms with Crippen LogP contribution in [0.25, 0.3) is 0 Å². The number of hydrogen-bond donors (Lipinski definition) is 1. The van der Waals surface area contributed by atoms with E-state index in [-0.39, 0.29) is 5.60 Å². The molecule has 0 aromatic rings.